The van der Waals surface area contributed by atoms with Gasteiger partial charge in [-0.25, -0.2) is 9.37 Å². The maximum absolute atomic E-state index is 14.7. The van der Waals surface area contributed by atoms with E-state index in [1.54, 1.807) is 13.1 Å². The van der Waals surface area contributed by atoms with Crippen LogP contribution in [0.25, 0.3) is 11.4 Å². The number of hydrogen-bond donors (Lipinski definition) is 1. The van der Waals surface area contributed by atoms with E-state index in [-0.39, 0.29) is 29.3 Å². The van der Waals surface area contributed by atoms with Crippen molar-refractivity contribution in [2.45, 2.75) is 47.2 Å². The first-order chi connectivity index (χ1) is 14.0. The van der Waals surface area contributed by atoms with E-state index in [0.717, 1.165) is 17.8 Å². The summed E-state index contributed by atoms with van der Waals surface area (Å²) in [6.07, 6.45) is 0.0622. The van der Waals surface area contributed by atoms with E-state index in [9.17, 15) is 14.0 Å². The molecular formula is C23H31FN4O2. The molecule has 0 saturated carbocycles. The van der Waals surface area contributed by atoms with Crippen LogP contribution in [0.3, 0.4) is 0 Å². The van der Waals surface area contributed by atoms with Crippen molar-refractivity contribution >= 4 is 11.7 Å². The summed E-state index contributed by atoms with van der Waals surface area (Å²) >= 11 is 0. The molecule has 2 aromatic rings. The number of fused-ring (bicyclic) bond motifs is 1. The molecule has 6 nitrogen and oxygen atoms in total. The number of likely N-dealkylation sites (N-methyl/N-ethyl adjacent to an activating group) is 1. The van der Waals surface area contributed by atoms with E-state index < -0.39 is 5.92 Å². The fraction of sp³-hybridized carbons (Fsp3) is 0.522. The highest BCUT2D eigenvalue weighted by atomic mass is 19.1. The van der Waals surface area contributed by atoms with Crippen molar-refractivity contribution in [1.29, 1.82) is 0 Å². The topological polar surface area (TPSA) is 67.2 Å². The lowest BCUT2D eigenvalue weighted by atomic mass is 9.77. The van der Waals surface area contributed by atoms with Crippen molar-refractivity contribution in [3.05, 3.63) is 41.0 Å². The van der Waals surface area contributed by atoms with Crippen molar-refractivity contribution in [2.24, 2.45) is 11.3 Å². The molecule has 3 rings (SSSR count). The van der Waals surface area contributed by atoms with Gasteiger partial charge in [0.05, 0.1) is 17.2 Å². The number of ketones is 1. The Bertz CT molecular complexity index is 974. The Morgan fingerprint density at radius 1 is 1.27 bits per heavy atom. The zero-order chi connectivity index (χ0) is 22.2. The summed E-state index contributed by atoms with van der Waals surface area (Å²) in [5.41, 5.74) is 1.97. The van der Waals surface area contributed by atoms with Crippen LogP contribution in [0.2, 0.25) is 0 Å². The fourth-order valence-corrected chi connectivity index (χ4v) is 3.97. The van der Waals surface area contributed by atoms with Crippen LogP contribution in [0, 0.1) is 24.1 Å². The minimum Gasteiger partial charge on any atom is -0.359 e. The van der Waals surface area contributed by atoms with Gasteiger partial charge >= 0.3 is 0 Å². The number of hydrogen-bond acceptors (Lipinski definition) is 4. The second kappa shape index (κ2) is 8.30. The smallest absolute Gasteiger partial charge is 0.223 e. The third kappa shape index (κ3) is 4.31. The van der Waals surface area contributed by atoms with Gasteiger partial charge in [0.2, 0.25) is 5.91 Å². The molecule has 0 radical (unpaired) electrons. The van der Waals surface area contributed by atoms with Crippen molar-refractivity contribution in [3.8, 4) is 11.4 Å². The van der Waals surface area contributed by atoms with Crippen molar-refractivity contribution < 1.29 is 14.0 Å². The Kier molecular flexibility index (Phi) is 6.13. The maximum Gasteiger partial charge on any atom is 0.223 e. The zero-order valence-electron chi connectivity index (χ0n) is 18.7. The van der Waals surface area contributed by atoms with Crippen LogP contribution in [0.1, 0.15) is 48.9 Å². The average molecular weight is 415 g/mol. The van der Waals surface area contributed by atoms with Crippen LogP contribution in [0.4, 0.5) is 4.39 Å². The normalized spacial score (nSPS) is 15.6. The van der Waals surface area contributed by atoms with Crippen molar-refractivity contribution in [2.75, 3.05) is 20.6 Å². The third-order valence-electron chi connectivity index (χ3n) is 5.82. The number of imidazole rings is 1. The first kappa shape index (κ1) is 22.2. The van der Waals surface area contributed by atoms with Gasteiger partial charge in [-0.3, -0.25) is 14.5 Å². The van der Waals surface area contributed by atoms with Crippen molar-refractivity contribution in [3.63, 3.8) is 0 Å². The summed E-state index contributed by atoms with van der Waals surface area (Å²) in [5.74, 6) is -0.694. The Morgan fingerprint density at radius 3 is 2.57 bits per heavy atom. The molecule has 1 aromatic carbocycles. The lowest BCUT2D eigenvalue weighted by Gasteiger charge is -2.29. The minimum absolute atomic E-state index is 0.0622. The number of carbonyl (C=O) groups is 2. The van der Waals surface area contributed by atoms with E-state index in [0.29, 0.717) is 30.2 Å². The molecular weight excluding hydrogens is 383 g/mol. The molecule has 0 aliphatic carbocycles. The van der Waals surface area contributed by atoms with Gasteiger partial charge in [-0.05, 0) is 37.1 Å². The van der Waals surface area contributed by atoms with E-state index in [1.165, 1.54) is 6.07 Å². The minimum atomic E-state index is -0.478. The summed E-state index contributed by atoms with van der Waals surface area (Å²) < 4.78 is 16.7. The highest BCUT2D eigenvalue weighted by Gasteiger charge is 2.35. The van der Waals surface area contributed by atoms with Crippen LogP contribution in [-0.2, 0) is 17.9 Å². The number of aromatic nitrogens is 2. The number of aryl methyl sites for hydroxylation is 1. The molecule has 30 heavy (non-hydrogen) atoms. The largest absolute Gasteiger partial charge is 0.359 e. The highest BCUT2D eigenvalue weighted by molar-refractivity contribution is 5.99. The number of carbonyl (C=O) groups excluding carboxylic acids is 2. The predicted octanol–water partition coefficient (Wildman–Crippen LogP) is 3.42. The van der Waals surface area contributed by atoms with Crippen LogP contribution >= 0.6 is 0 Å². The van der Waals surface area contributed by atoms with Gasteiger partial charge in [0.1, 0.15) is 17.3 Å². The molecule has 7 heteroatoms. The second-order valence-electron chi connectivity index (χ2n) is 9.26. The van der Waals surface area contributed by atoms with Gasteiger partial charge in [-0.15, -0.1) is 0 Å². The van der Waals surface area contributed by atoms with E-state index in [1.807, 2.05) is 45.4 Å². The van der Waals surface area contributed by atoms with Crippen molar-refractivity contribution in [1.82, 2.24) is 19.8 Å². The molecule has 2 heterocycles. The standard InChI is InChI=1S/C23H31FN4O2/c1-14-7-8-15(17(24)11-14)21-26-20(18-13-27(6)9-10-28(18)21)19(29)12-16(22(30)25-5)23(2,3)4/h7-8,11,16H,9-10,12-13H2,1-6H3,(H,25,30)/t16-/m1/s1. The van der Waals surface area contributed by atoms with Gasteiger partial charge in [0.15, 0.2) is 5.78 Å². The number of amides is 1. The first-order valence-corrected chi connectivity index (χ1v) is 10.3. The van der Waals surface area contributed by atoms with Gasteiger partial charge in [-0.1, -0.05) is 26.8 Å². The Balaban J connectivity index is 2.05. The predicted molar refractivity (Wildman–Crippen MR) is 115 cm³/mol. The Morgan fingerprint density at radius 2 is 1.97 bits per heavy atom. The number of benzene rings is 1. The first-order valence-electron chi connectivity index (χ1n) is 10.3. The fourth-order valence-electron chi connectivity index (χ4n) is 3.97. The number of halogens is 1. The van der Waals surface area contributed by atoms with Crippen LogP contribution in [-0.4, -0.2) is 46.8 Å². The molecule has 0 saturated heterocycles. The number of Topliss-reactive ketones (excluding diaryl/α,β-unsaturated/α-hetero) is 1. The molecule has 0 bridgehead atoms. The van der Waals surface area contributed by atoms with E-state index in [4.69, 9.17) is 0 Å². The third-order valence-corrected chi connectivity index (χ3v) is 5.82. The molecule has 1 aliphatic heterocycles. The highest BCUT2D eigenvalue weighted by Crippen LogP contribution is 2.33. The average Bonchev–Trinajstić information content (AvgIpc) is 3.03. The summed E-state index contributed by atoms with van der Waals surface area (Å²) in [6.45, 7) is 9.66. The van der Waals surface area contributed by atoms with Gasteiger partial charge in [0.25, 0.3) is 0 Å². The molecule has 162 valence electrons. The van der Waals surface area contributed by atoms with Gasteiger partial charge in [0, 0.05) is 33.1 Å². The number of rotatable bonds is 5. The Labute approximate surface area is 177 Å². The molecule has 1 atom stereocenters. The molecule has 1 aromatic heterocycles. The zero-order valence-corrected chi connectivity index (χ0v) is 18.7. The maximum atomic E-state index is 14.7. The van der Waals surface area contributed by atoms with E-state index >= 15 is 0 Å². The Hall–Kier alpha value is -2.54. The number of nitrogens with one attached hydrogen (secondary N) is 1. The molecule has 1 amide bonds. The monoisotopic (exact) mass is 414 g/mol. The quantitative estimate of drug-likeness (QED) is 0.762. The second-order valence-corrected chi connectivity index (χ2v) is 9.26. The van der Waals surface area contributed by atoms with E-state index in [2.05, 4.69) is 15.2 Å². The molecule has 1 aliphatic rings. The van der Waals surface area contributed by atoms with Crippen LogP contribution in [0.15, 0.2) is 18.2 Å². The molecule has 1 N–H and O–H groups in total. The van der Waals surface area contributed by atoms with Gasteiger partial charge < -0.3 is 9.88 Å². The summed E-state index contributed by atoms with van der Waals surface area (Å²) in [6, 6.07) is 5.04. The lowest BCUT2D eigenvalue weighted by molar-refractivity contribution is -0.127. The van der Waals surface area contributed by atoms with Crippen LogP contribution in [0.5, 0.6) is 0 Å². The summed E-state index contributed by atoms with van der Waals surface area (Å²) in [5, 5.41) is 2.67. The SMILES string of the molecule is CNC(=O)[C@@H](CC(=O)c1nc(-c2ccc(C)cc2F)n2c1CN(C)CC2)C(C)(C)C. The molecule has 0 spiro atoms. The lowest BCUT2D eigenvalue weighted by Crippen LogP contribution is -2.38. The summed E-state index contributed by atoms with van der Waals surface area (Å²) in [4.78, 5) is 32.5. The van der Waals surface area contributed by atoms with Crippen LogP contribution < -0.4 is 5.32 Å². The number of nitrogens with zero attached hydrogens (tertiary/aromatic N) is 3. The molecule has 0 fully saturated rings. The van der Waals surface area contributed by atoms with Gasteiger partial charge in [-0.2, -0.15) is 0 Å². The summed E-state index contributed by atoms with van der Waals surface area (Å²) in [7, 11) is 3.57. The molecule has 0 unspecified atom stereocenters.